The van der Waals surface area contributed by atoms with Gasteiger partial charge in [0.05, 0.1) is 5.69 Å². The molecule has 1 fully saturated rings. The average molecular weight is 342 g/mol. The van der Waals surface area contributed by atoms with E-state index in [2.05, 4.69) is 46.8 Å². The zero-order valence-corrected chi connectivity index (χ0v) is 15.4. The van der Waals surface area contributed by atoms with Gasteiger partial charge in [-0.25, -0.2) is 4.79 Å². The SMILES string of the molecule is CNC(=O)N(C)C1(c2nnnn2-c2c(C)cccc2C)CCCCC1. The summed E-state index contributed by atoms with van der Waals surface area (Å²) in [6.45, 7) is 4.12. The Bertz CT molecular complexity index is 742. The molecule has 1 heterocycles. The van der Waals surface area contributed by atoms with Crippen LogP contribution in [0.1, 0.15) is 49.1 Å². The Morgan fingerprint density at radius 2 is 1.84 bits per heavy atom. The summed E-state index contributed by atoms with van der Waals surface area (Å²) in [5.41, 5.74) is 2.73. The predicted molar refractivity (Wildman–Crippen MR) is 95.6 cm³/mol. The van der Waals surface area contributed by atoms with Crippen molar-refractivity contribution in [1.29, 1.82) is 0 Å². The molecule has 7 nitrogen and oxygen atoms in total. The summed E-state index contributed by atoms with van der Waals surface area (Å²) in [5, 5.41) is 15.4. The van der Waals surface area contributed by atoms with Crippen molar-refractivity contribution in [2.45, 2.75) is 51.5 Å². The number of benzene rings is 1. The highest BCUT2D eigenvalue weighted by molar-refractivity contribution is 5.74. The number of tetrazole rings is 1. The molecule has 0 radical (unpaired) electrons. The van der Waals surface area contributed by atoms with Gasteiger partial charge in [-0.2, -0.15) is 4.68 Å². The highest BCUT2D eigenvalue weighted by atomic mass is 16.2. The van der Waals surface area contributed by atoms with Crippen molar-refractivity contribution in [2.24, 2.45) is 0 Å². The van der Waals surface area contributed by atoms with E-state index in [1.165, 1.54) is 6.42 Å². The largest absolute Gasteiger partial charge is 0.341 e. The van der Waals surface area contributed by atoms with Crippen molar-refractivity contribution in [2.75, 3.05) is 14.1 Å². The molecule has 1 aromatic heterocycles. The first-order valence-corrected chi connectivity index (χ1v) is 8.82. The van der Waals surface area contributed by atoms with Crippen LogP contribution in [-0.2, 0) is 5.54 Å². The van der Waals surface area contributed by atoms with Crippen molar-refractivity contribution in [1.82, 2.24) is 30.4 Å². The van der Waals surface area contributed by atoms with E-state index in [0.29, 0.717) is 0 Å². The van der Waals surface area contributed by atoms with E-state index < -0.39 is 5.54 Å². The lowest BCUT2D eigenvalue weighted by atomic mass is 9.79. The Labute approximate surface area is 148 Å². The smallest absolute Gasteiger partial charge is 0.317 e. The Balaban J connectivity index is 2.16. The van der Waals surface area contributed by atoms with Crippen LogP contribution in [0.15, 0.2) is 18.2 Å². The first-order valence-electron chi connectivity index (χ1n) is 8.82. The van der Waals surface area contributed by atoms with Gasteiger partial charge in [-0.15, -0.1) is 5.10 Å². The number of para-hydroxylation sites is 1. The van der Waals surface area contributed by atoms with Gasteiger partial charge in [0.15, 0.2) is 5.82 Å². The fourth-order valence-electron chi connectivity index (χ4n) is 3.98. The monoisotopic (exact) mass is 342 g/mol. The van der Waals surface area contributed by atoms with Crippen LogP contribution >= 0.6 is 0 Å². The fraction of sp³-hybridized carbons (Fsp3) is 0.556. The summed E-state index contributed by atoms with van der Waals surface area (Å²) in [6, 6.07) is 6.04. The van der Waals surface area contributed by atoms with Crippen LogP contribution < -0.4 is 5.32 Å². The zero-order chi connectivity index (χ0) is 18.0. The fourth-order valence-corrected chi connectivity index (χ4v) is 3.98. The predicted octanol–water partition coefficient (Wildman–Crippen LogP) is 2.71. The van der Waals surface area contributed by atoms with Crippen molar-refractivity contribution in [3.8, 4) is 5.69 Å². The van der Waals surface area contributed by atoms with E-state index in [4.69, 9.17) is 0 Å². The van der Waals surface area contributed by atoms with E-state index in [0.717, 1.165) is 48.3 Å². The topological polar surface area (TPSA) is 75.9 Å². The molecule has 0 unspecified atom stereocenters. The van der Waals surface area contributed by atoms with Gasteiger partial charge in [-0.3, -0.25) is 0 Å². The number of hydrogen-bond donors (Lipinski definition) is 1. The van der Waals surface area contributed by atoms with E-state index >= 15 is 0 Å². The number of aryl methyl sites for hydroxylation is 2. The van der Waals surface area contributed by atoms with Crippen LogP contribution in [0.4, 0.5) is 4.79 Å². The molecule has 3 rings (SSSR count). The maximum Gasteiger partial charge on any atom is 0.317 e. The Kier molecular flexibility index (Phi) is 4.74. The number of amides is 2. The number of carbonyl (C=O) groups is 1. The standard InChI is InChI=1S/C18H26N6O/c1-13-9-8-10-14(2)15(13)24-16(20-21-22-24)18(11-6-5-7-12-18)23(4)17(25)19-3/h8-10H,5-7,11-12H2,1-4H3,(H,19,25). The summed E-state index contributed by atoms with van der Waals surface area (Å²) in [7, 11) is 3.50. The van der Waals surface area contributed by atoms with Gasteiger partial charge in [-0.1, -0.05) is 37.5 Å². The van der Waals surface area contributed by atoms with Gasteiger partial charge in [0.25, 0.3) is 0 Å². The van der Waals surface area contributed by atoms with Gasteiger partial charge in [0, 0.05) is 14.1 Å². The van der Waals surface area contributed by atoms with Crippen molar-refractivity contribution in [3.05, 3.63) is 35.2 Å². The van der Waals surface area contributed by atoms with E-state index in [1.807, 2.05) is 17.8 Å². The van der Waals surface area contributed by atoms with Gasteiger partial charge in [-0.05, 0) is 48.2 Å². The first-order chi connectivity index (χ1) is 12.0. The molecule has 1 aromatic carbocycles. The maximum absolute atomic E-state index is 12.4. The number of hydrogen-bond acceptors (Lipinski definition) is 4. The molecule has 0 atom stereocenters. The molecule has 1 N–H and O–H groups in total. The molecule has 2 amide bonds. The molecular formula is C18H26N6O. The summed E-state index contributed by atoms with van der Waals surface area (Å²) in [5.74, 6) is 0.746. The lowest BCUT2D eigenvalue weighted by Gasteiger charge is -2.43. The summed E-state index contributed by atoms with van der Waals surface area (Å²) in [6.07, 6.45) is 5.01. The molecular weight excluding hydrogens is 316 g/mol. The highest BCUT2D eigenvalue weighted by Crippen LogP contribution is 2.41. The normalized spacial score (nSPS) is 16.5. The lowest BCUT2D eigenvalue weighted by Crippen LogP contribution is -2.52. The molecule has 134 valence electrons. The van der Waals surface area contributed by atoms with Crippen molar-refractivity contribution in [3.63, 3.8) is 0 Å². The van der Waals surface area contributed by atoms with Crippen LogP contribution in [0.3, 0.4) is 0 Å². The third-order valence-electron chi connectivity index (χ3n) is 5.38. The van der Waals surface area contributed by atoms with E-state index in [1.54, 1.807) is 11.9 Å². The molecule has 0 saturated heterocycles. The molecule has 0 spiro atoms. The minimum Gasteiger partial charge on any atom is -0.341 e. The second-order valence-corrected chi connectivity index (χ2v) is 6.86. The van der Waals surface area contributed by atoms with Crippen molar-refractivity contribution < 1.29 is 4.79 Å². The van der Waals surface area contributed by atoms with Crippen LogP contribution in [0, 0.1) is 13.8 Å². The number of rotatable bonds is 3. The Morgan fingerprint density at radius 1 is 1.20 bits per heavy atom. The van der Waals surface area contributed by atoms with E-state index in [9.17, 15) is 4.79 Å². The minimum absolute atomic E-state index is 0.113. The highest BCUT2D eigenvalue weighted by Gasteiger charge is 2.45. The molecule has 0 bridgehead atoms. The van der Waals surface area contributed by atoms with Crippen LogP contribution in [0.5, 0.6) is 0 Å². The minimum atomic E-state index is -0.490. The molecule has 1 aliphatic rings. The number of aromatic nitrogens is 4. The third-order valence-corrected chi connectivity index (χ3v) is 5.38. The third kappa shape index (κ3) is 2.88. The molecule has 1 saturated carbocycles. The van der Waals surface area contributed by atoms with Crippen molar-refractivity contribution >= 4 is 6.03 Å². The van der Waals surface area contributed by atoms with Crippen LogP contribution in [-0.4, -0.2) is 45.2 Å². The number of nitrogens with zero attached hydrogens (tertiary/aromatic N) is 5. The quantitative estimate of drug-likeness (QED) is 0.930. The summed E-state index contributed by atoms with van der Waals surface area (Å²) >= 11 is 0. The molecule has 1 aliphatic carbocycles. The molecule has 7 heteroatoms. The first kappa shape index (κ1) is 17.4. The van der Waals surface area contributed by atoms with Crippen LogP contribution in [0.25, 0.3) is 5.69 Å². The number of urea groups is 1. The maximum atomic E-state index is 12.4. The van der Waals surface area contributed by atoms with Gasteiger partial charge in [0.2, 0.25) is 0 Å². The number of carbonyl (C=O) groups excluding carboxylic acids is 1. The van der Waals surface area contributed by atoms with E-state index in [-0.39, 0.29) is 6.03 Å². The molecule has 25 heavy (non-hydrogen) atoms. The van der Waals surface area contributed by atoms with Gasteiger partial charge < -0.3 is 10.2 Å². The molecule has 0 aliphatic heterocycles. The van der Waals surface area contributed by atoms with Crippen LogP contribution in [0.2, 0.25) is 0 Å². The zero-order valence-electron chi connectivity index (χ0n) is 15.4. The summed E-state index contributed by atoms with van der Waals surface area (Å²) in [4.78, 5) is 14.2. The average Bonchev–Trinajstić information content (AvgIpc) is 3.10. The Morgan fingerprint density at radius 3 is 2.44 bits per heavy atom. The Hall–Kier alpha value is -2.44. The second kappa shape index (κ2) is 6.82. The second-order valence-electron chi connectivity index (χ2n) is 6.86. The lowest BCUT2D eigenvalue weighted by molar-refractivity contribution is 0.0873. The number of nitrogens with one attached hydrogen (secondary N) is 1. The van der Waals surface area contributed by atoms with Gasteiger partial charge in [0.1, 0.15) is 5.54 Å². The van der Waals surface area contributed by atoms with Gasteiger partial charge >= 0.3 is 6.03 Å². The summed E-state index contributed by atoms with van der Waals surface area (Å²) < 4.78 is 1.83. The molecule has 2 aromatic rings.